The Morgan fingerprint density at radius 3 is 2.12 bits per heavy atom. The first-order chi connectivity index (χ1) is 8.19. The van der Waals surface area contributed by atoms with Gasteiger partial charge in [0.15, 0.2) is 6.29 Å². The number of carbonyl (C=O) groups excluding carboxylic acids is 1. The van der Waals surface area contributed by atoms with Gasteiger partial charge in [0.2, 0.25) is 0 Å². The van der Waals surface area contributed by atoms with Gasteiger partial charge in [0, 0.05) is 25.5 Å². The van der Waals surface area contributed by atoms with E-state index in [0.29, 0.717) is 12.0 Å². The molecule has 0 atom stereocenters. The van der Waals surface area contributed by atoms with Gasteiger partial charge in [-0.25, -0.2) is 0 Å². The number of carbonyl (C=O) groups is 1. The number of aldehydes is 1. The molecular formula is C13H21N3O. The minimum atomic E-state index is 0.292. The quantitative estimate of drug-likeness (QED) is 0.549. The molecule has 0 spiro atoms. The summed E-state index contributed by atoms with van der Waals surface area (Å²) in [5.41, 5.74) is 7.54. The van der Waals surface area contributed by atoms with Crippen LogP contribution in [0.15, 0.2) is 41.7 Å². The Labute approximate surface area is 103 Å². The van der Waals surface area contributed by atoms with Crippen molar-refractivity contribution in [3.05, 3.63) is 41.7 Å². The van der Waals surface area contributed by atoms with Crippen LogP contribution < -0.4 is 16.4 Å². The average molecular weight is 235 g/mol. The highest BCUT2D eigenvalue weighted by Gasteiger charge is 1.94. The van der Waals surface area contributed by atoms with Crippen LogP contribution in [0, 0.1) is 0 Å². The van der Waals surface area contributed by atoms with Crippen LogP contribution in [0.2, 0.25) is 0 Å². The largest absolute Gasteiger partial charge is 0.395 e. The molecule has 0 aliphatic carbocycles. The molecule has 0 saturated heterocycles. The first-order valence-electron chi connectivity index (χ1n) is 5.53. The Hall–Kier alpha value is -1.97. The summed E-state index contributed by atoms with van der Waals surface area (Å²) >= 11 is 0. The first-order valence-corrected chi connectivity index (χ1v) is 5.53. The molecule has 0 heterocycles. The SMILES string of the molecule is CC/C(NC)=C(\N)C=O.CNc1ccccc1. The van der Waals surface area contributed by atoms with Gasteiger partial charge in [-0.1, -0.05) is 25.1 Å². The van der Waals surface area contributed by atoms with Crippen molar-refractivity contribution in [2.75, 3.05) is 19.4 Å². The second kappa shape index (κ2) is 9.27. The first kappa shape index (κ1) is 15.0. The predicted molar refractivity (Wildman–Crippen MR) is 72.6 cm³/mol. The van der Waals surface area contributed by atoms with E-state index in [0.717, 1.165) is 17.8 Å². The van der Waals surface area contributed by atoms with Crippen molar-refractivity contribution in [2.45, 2.75) is 13.3 Å². The minimum absolute atomic E-state index is 0.292. The lowest BCUT2D eigenvalue weighted by Crippen LogP contribution is -2.13. The van der Waals surface area contributed by atoms with E-state index in [1.807, 2.05) is 44.3 Å². The number of rotatable bonds is 4. The molecule has 0 aliphatic heterocycles. The summed E-state index contributed by atoms with van der Waals surface area (Å²) in [5.74, 6) is 0. The van der Waals surface area contributed by atoms with E-state index in [9.17, 15) is 4.79 Å². The van der Waals surface area contributed by atoms with Crippen molar-refractivity contribution >= 4 is 12.0 Å². The molecule has 0 bridgehead atoms. The summed E-state index contributed by atoms with van der Waals surface area (Å²) in [6.07, 6.45) is 1.41. The molecule has 4 nitrogen and oxygen atoms in total. The normalized spacial score (nSPS) is 10.5. The van der Waals surface area contributed by atoms with E-state index in [2.05, 4.69) is 10.6 Å². The highest BCUT2D eigenvalue weighted by atomic mass is 16.1. The molecule has 1 aromatic rings. The van der Waals surface area contributed by atoms with Crippen LogP contribution in [-0.4, -0.2) is 20.4 Å². The molecule has 17 heavy (non-hydrogen) atoms. The summed E-state index contributed by atoms with van der Waals surface area (Å²) in [5, 5.41) is 5.85. The van der Waals surface area contributed by atoms with Crippen molar-refractivity contribution in [1.82, 2.24) is 5.32 Å². The molecule has 0 fully saturated rings. The summed E-state index contributed by atoms with van der Waals surface area (Å²) < 4.78 is 0. The Balaban J connectivity index is 0.000000302. The van der Waals surface area contributed by atoms with Crippen LogP contribution in [0.4, 0.5) is 5.69 Å². The van der Waals surface area contributed by atoms with Gasteiger partial charge in [-0.2, -0.15) is 0 Å². The smallest absolute Gasteiger partial charge is 0.167 e. The lowest BCUT2D eigenvalue weighted by atomic mass is 10.3. The predicted octanol–water partition coefficient (Wildman–Crippen LogP) is 1.71. The minimum Gasteiger partial charge on any atom is -0.395 e. The molecule has 4 N–H and O–H groups in total. The molecule has 0 radical (unpaired) electrons. The Morgan fingerprint density at radius 1 is 1.29 bits per heavy atom. The van der Waals surface area contributed by atoms with Gasteiger partial charge in [-0.15, -0.1) is 0 Å². The maximum atomic E-state index is 10.0. The number of anilines is 1. The van der Waals surface area contributed by atoms with E-state index >= 15 is 0 Å². The third-order valence-corrected chi connectivity index (χ3v) is 2.19. The number of allylic oxidation sites excluding steroid dienone is 2. The molecular weight excluding hydrogens is 214 g/mol. The van der Waals surface area contributed by atoms with Gasteiger partial charge in [-0.05, 0) is 18.6 Å². The average Bonchev–Trinajstić information content (AvgIpc) is 2.41. The zero-order valence-electron chi connectivity index (χ0n) is 10.7. The number of hydrogen-bond donors (Lipinski definition) is 3. The molecule has 0 aromatic heterocycles. The third-order valence-electron chi connectivity index (χ3n) is 2.19. The van der Waals surface area contributed by atoms with Gasteiger partial charge in [0.1, 0.15) is 0 Å². The summed E-state index contributed by atoms with van der Waals surface area (Å²) in [6, 6.07) is 10.1. The Kier molecular flexibility index (Phi) is 8.20. The Bertz CT molecular complexity index is 341. The summed E-state index contributed by atoms with van der Waals surface area (Å²) in [6.45, 7) is 1.93. The van der Waals surface area contributed by atoms with E-state index in [4.69, 9.17) is 5.73 Å². The van der Waals surface area contributed by atoms with E-state index in [-0.39, 0.29) is 0 Å². The van der Waals surface area contributed by atoms with E-state index < -0.39 is 0 Å². The molecule has 94 valence electrons. The van der Waals surface area contributed by atoms with Crippen LogP contribution in [-0.2, 0) is 4.79 Å². The van der Waals surface area contributed by atoms with Crippen molar-refractivity contribution < 1.29 is 4.79 Å². The number of para-hydroxylation sites is 1. The number of nitrogens with two attached hydrogens (primary N) is 1. The summed E-state index contributed by atoms with van der Waals surface area (Å²) in [4.78, 5) is 10.0. The fourth-order valence-corrected chi connectivity index (χ4v) is 1.20. The number of hydrogen-bond acceptors (Lipinski definition) is 4. The fraction of sp³-hybridized carbons (Fsp3) is 0.308. The second-order valence-corrected chi connectivity index (χ2v) is 3.27. The monoisotopic (exact) mass is 235 g/mol. The van der Waals surface area contributed by atoms with Gasteiger partial charge >= 0.3 is 0 Å². The van der Waals surface area contributed by atoms with Crippen molar-refractivity contribution in [3.63, 3.8) is 0 Å². The van der Waals surface area contributed by atoms with Crippen LogP contribution in [0.3, 0.4) is 0 Å². The van der Waals surface area contributed by atoms with Crippen LogP contribution in [0.1, 0.15) is 13.3 Å². The summed E-state index contributed by atoms with van der Waals surface area (Å²) in [7, 11) is 3.66. The van der Waals surface area contributed by atoms with E-state index in [1.54, 1.807) is 7.05 Å². The van der Waals surface area contributed by atoms with Crippen molar-refractivity contribution in [3.8, 4) is 0 Å². The topological polar surface area (TPSA) is 67.1 Å². The molecule has 1 aromatic carbocycles. The van der Waals surface area contributed by atoms with Crippen LogP contribution in [0.25, 0.3) is 0 Å². The van der Waals surface area contributed by atoms with E-state index in [1.165, 1.54) is 0 Å². The number of nitrogens with one attached hydrogen (secondary N) is 2. The van der Waals surface area contributed by atoms with Gasteiger partial charge in [-0.3, -0.25) is 4.79 Å². The zero-order valence-corrected chi connectivity index (χ0v) is 10.7. The maximum Gasteiger partial charge on any atom is 0.167 e. The molecule has 0 aliphatic rings. The van der Waals surface area contributed by atoms with Crippen LogP contribution >= 0.6 is 0 Å². The maximum absolute atomic E-state index is 10.0. The molecule has 4 heteroatoms. The van der Waals surface area contributed by atoms with Gasteiger partial charge in [0.05, 0.1) is 5.70 Å². The molecule has 0 unspecified atom stereocenters. The highest BCUT2D eigenvalue weighted by Crippen LogP contribution is 2.01. The number of benzene rings is 1. The highest BCUT2D eigenvalue weighted by molar-refractivity contribution is 5.72. The zero-order chi connectivity index (χ0) is 13.1. The Morgan fingerprint density at radius 2 is 1.88 bits per heavy atom. The lowest BCUT2D eigenvalue weighted by Gasteiger charge is -2.02. The van der Waals surface area contributed by atoms with Crippen LogP contribution in [0.5, 0.6) is 0 Å². The second-order valence-electron chi connectivity index (χ2n) is 3.27. The van der Waals surface area contributed by atoms with Gasteiger partial charge in [0.25, 0.3) is 0 Å². The third kappa shape index (κ3) is 6.25. The molecule has 0 amide bonds. The van der Waals surface area contributed by atoms with Gasteiger partial charge < -0.3 is 16.4 Å². The lowest BCUT2D eigenvalue weighted by molar-refractivity contribution is -0.105. The molecule has 1 rings (SSSR count). The molecule has 0 saturated carbocycles. The van der Waals surface area contributed by atoms with Crippen molar-refractivity contribution in [2.24, 2.45) is 5.73 Å². The standard InChI is InChI=1S/C7H9N.C6H12N2O/c1-8-7-5-3-2-4-6-7;1-3-6(8-2)5(7)4-9/h2-6,8H,1H3;4,8H,3,7H2,1-2H3/b;6-5+. The van der Waals surface area contributed by atoms with Crippen molar-refractivity contribution in [1.29, 1.82) is 0 Å². The fourth-order valence-electron chi connectivity index (χ4n) is 1.20.